The predicted octanol–water partition coefficient (Wildman–Crippen LogP) is 2.71. The number of benzene rings is 1. The fourth-order valence-corrected chi connectivity index (χ4v) is 2.47. The largest absolute Gasteiger partial charge is 0.342 e. The molecule has 1 heterocycles. The molecule has 2 rings (SSSR count). The highest BCUT2D eigenvalue weighted by atomic mass is 79.9. The lowest BCUT2D eigenvalue weighted by molar-refractivity contribution is -0.133. The topological polar surface area (TPSA) is 49.4 Å². The van der Waals surface area contributed by atoms with Crippen molar-refractivity contribution in [1.29, 1.82) is 0 Å². The molecule has 5 heteroatoms. The molecule has 0 unspecified atom stereocenters. The first-order chi connectivity index (χ1) is 9.06. The molecule has 4 nitrogen and oxygen atoms in total. The van der Waals surface area contributed by atoms with Crippen LogP contribution in [0.1, 0.15) is 24.8 Å². The van der Waals surface area contributed by atoms with Crippen LogP contribution in [0.15, 0.2) is 22.7 Å². The van der Waals surface area contributed by atoms with Gasteiger partial charge in [-0.3, -0.25) is 9.59 Å². The lowest BCUT2D eigenvalue weighted by Crippen LogP contribution is -2.31. The normalized spacial score (nSPS) is 14.5. The number of nitrogens with one attached hydrogen (secondary N) is 1. The van der Waals surface area contributed by atoms with Gasteiger partial charge in [0.05, 0.1) is 0 Å². The molecule has 0 bridgehead atoms. The number of hydrogen-bond acceptors (Lipinski definition) is 2. The molecule has 0 saturated carbocycles. The van der Waals surface area contributed by atoms with Crippen molar-refractivity contribution in [3.63, 3.8) is 0 Å². The van der Waals surface area contributed by atoms with Crippen molar-refractivity contribution in [2.45, 2.75) is 26.2 Å². The molecule has 0 aromatic heterocycles. The third-order valence-electron chi connectivity index (χ3n) is 3.23. The van der Waals surface area contributed by atoms with Gasteiger partial charge in [0.1, 0.15) is 6.42 Å². The molecule has 2 amide bonds. The van der Waals surface area contributed by atoms with E-state index in [4.69, 9.17) is 0 Å². The van der Waals surface area contributed by atoms with Gasteiger partial charge in [0, 0.05) is 23.2 Å². The van der Waals surface area contributed by atoms with Crippen LogP contribution in [0.4, 0.5) is 5.69 Å². The van der Waals surface area contributed by atoms with Crippen LogP contribution in [0.3, 0.4) is 0 Å². The summed E-state index contributed by atoms with van der Waals surface area (Å²) in [6.07, 6.45) is 2.00. The van der Waals surface area contributed by atoms with Gasteiger partial charge in [-0.1, -0.05) is 22.0 Å². The highest BCUT2D eigenvalue weighted by molar-refractivity contribution is 9.10. The molecule has 0 spiro atoms. The van der Waals surface area contributed by atoms with Crippen LogP contribution in [0.5, 0.6) is 0 Å². The SMILES string of the molecule is Cc1ccc(NC(=O)CC(=O)N2CCCC2)cc1Br. The van der Waals surface area contributed by atoms with Crippen molar-refractivity contribution >= 4 is 33.4 Å². The highest BCUT2D eigenvalue weighted by Crippen LogP contribution is 2.20. The second kappa shape index (κ2) is 6.19. The molecule has 1 aliphatic rings. The molecule has 19 heavy (non-hydrogen) atoms. The van der Waals surface area contributed by atoms with E-state index in [9.17, 15) is 9.59 Å². The zero-order chi connectivity index (χ0) is 13.8. The highest BCUT2D eigenvalue weighted by Gasteiger charge is 2.20. The first-order valence-corrected chi connectivity index (χ1v) is 7.19. The number of aryl methyl sites for hydroxylation is 1. The number of likely N-dealkylation sites (tertiary alicyclic amines) is 1. The average Bonchev–Trinajstić information content (AvgIpc) is 2.87. The van der Waals surface area contributed by atoms with E-state index in [0.29, 0.717) is 5.69 Å². The Kier molecular flexibility index (Phi) is 4.58. The molecular weight excluding hydrogens is 308 g/mol. The molecule has 1 fully saturated rings. The maximum atomic E-state index is 11.8. The Morgan fingerprint density at radius 1 is 1.32 bits per heavy atom. The lowest BCUT2D eigenvalue weighted by atomic mass is 10.2. The van der Waals surface area contributed by atoms with Gasteiger partial charge >= 0.3 is 0 Å². The van der Waals surface area contributed by atoms with E-state index < -0.39 is 0 Å². The van der Waals surface area contributed by atoms with Crippen molar-refractivity contribution in [3.05, 3.63) is 28.2 Å². The molecule has 0 atom stereocenters. The van der Waals surface area contributed by atoms with E-state index in [-0.39, 0.29) is 18.2 Å². The predicted molar refractivity (Wildman–Crippen MR) is 77.9 cm³/mol. The standard InChI is InChI=1S/C14H17BrN2O2/c1-10-4-5-11(8-12(10)15)16-13(18)9-14(19)17-6-2-3-7-17/h4-5,8H,2-3,6-7,9H2,1H3,(H,16,18). The summed E-state index contributed by atoms with van der Waals surface area (Å²) in [5.74, 6) is -0.339. The van der Waals surface area contributed by atoms with E-state index in [1.165, 1.54) is 0 Å². The summed E-state index contributed by atoms with van der Waals surface area (Å²) in [5.41, 5.74) is 1.81. The van der Waals surface area contributed by atoms with Crippen LogP contribution in [0.25, 0.3) is 0 Å². The maximum absolute atomic E-state index is 11.8. The number of carbonyl (C=O) groups is 2. The number of halogens is 1. The Labute approximate surface area is 121 Å². The quantitative estimate of drug-likeness (QED) is 0.869. The number of carbonyl (C=O) groups excluding carboxylic acids is 2. The van der Waals surface area contributed by atoms with E-state index in [1.807, 2.05) is 25.1 Å². The van der Waals surface area contributed by atoms with Gasteiger partial charge in [-0.25, -0.2) is 0 Å². The maximum Gasteiger partial charge on any atom is 0.233 e. The van der Waals surface area contributed by atoms with Gasteiger partial charge in [0.25, 0.3) is 0 Å². The van der Waals surface area contributed by atoms with Crippen LogP contribution in [0, 0.1) is 6.92 Å². The molecule has 0 aliphatic carbocycles. The van der Waals surface area contributed by atoms with Crippen molar-refractivity contribution in [2.24, 2.45) is 0 Å². The summed E-state index contributed by atoms with van der Waals surface area (Å²) >= 11 is 3.41. The Hall–Kier alpha value is -1.36. The monoisotopic (exact) mass is 324 g/mol. The van der Waals surface area contributed by atoms with Gasteiger partial charge in [-0.05, 0) is 37.5 Å². The fourth-order valence-electron chi connectivity index (χ4n) is 2.09. The second-order valence-electron chi connectivity index (χ2n) is 4.78. The van der Waals surface area contributed by atoms with Crippen LogP contribution in [-0.4, -0.2) is 29.8 Å². The fraction of sp³-hybridized carbons (Fsp3) is 0.429. The first-order valence-electron chi connectivity index (χ1n) is 6.40. The summed E-state index contributed by atoms with van der Waals surface area (Å²) in [4.78, 5) is 25.4. The molecule has 1 N–H and O–H groups in total. The third-order valence-corrected chi connectivity index (χ3v) is 4.08. The first kappa shape index (κ1) is 14.1. The van der Waals surface area contributed by atoms with Crippen LogP contribution in [-0.2, 0) is 9.59 Å². The van der Waals surface area contributed by atoms with Crippen LogP contribution in [0.2, 0.25) is 0 Å². The second-order valence-corrected chi connectivity index (χ2v) is 5.63. The summed E-state index contributed by atoms with van der Waals surface area (Å²) in [6, 6.07) is 5.59. The number of rotatable bonds is 3. The zero-order valence-electron chi connectivity index (χ0n) is 10.9. The summed E-state index contributed by atoms with van der Waals surface area (Å²) < 4.78 is 0.941. The molecule has 1 aliphatic heterocycles. The Balaban J connectivity index is 1.89. The molecule has 1 aromatic rings. The van der Waals surface area contributed by atoms with E-state index >= 15 is 0 Å². The van der Waals surface area contributed by atoms with Gasteiger partial charge < -0.3 is 10.2 Å². The van der Waals surface area contributed by atoms with Crippen molar-refractivity contribution in [3.8, 4) is 0 Å². The third kappa shape index (κ3) is 3.80. The molecular formula is C14H17BrN2O2. The summed E-state index contributed by atoms with van der Waals surface area (Å²) in [5, 5.41) is 2.75. The van der Waals surface area contributed by atoms with Crippen molar-refractivity contribution in [2.75, 3.05) is 18.4 Å². The van der Waals surface area contributed by atoms with Crippen molar-refractivity contribution < 1.29 is 9.59 Å². The van der Waals surface area contributed by atoms with Crippen molar-refractivity contribution in [1.82, 2.24) is 4.90 Å². The van der Waals surface area contributed by atoms with E-state index in [0.717, 1.165) is 36.0 Å². The molecule has 0 radical (unpaired) electrons. The zero-order valence-corrected chi connectivity index (χ0v) is 12.5. The van der Waals surface area contributed by atoms with Gasteiger partial charge in [0.15, 0.2) is 0 Å². The smallest absolute Gasteiger partial charge is 0.233 e. The lowest BCUT2D eigenvalue weighted by Gasteiger charge is -2.14. The Morgan fingerprint density at radius 2 is 2.00 bits per heavy atom. The summed E-state index contributed by atoms with van der Waals surface area (Å²) in [7, 11) is 0. The Bertz CT molecular complexity index is 496. The van der Waals surface area contributed by atoms with Crippen LogP contribution >= 0.6 is 15.9 Å². The van der Waals surface area contributed by atoms with Gasteiger partial charge in [-0.2, -0.15) is 0 Å². The number of hydrogen-bond donors (Lipinski definition) is 1. The molecule has 1 aromatic carbocycles. The minimum Gasteiger partial charge on any atom is -0.342 e. The molecule has 102 valence electrons. The number of anilines is 1. The summed E-state index contributed by atoms with van der Waals surface area (Å²) in [6.45, 7) is 3.54. The molecule has 1 saturated heterocycles. The van der Waals surface area contributed by atoms with Gasteiger partial charge in [-0.15, -0.1) is 0 Å². The number of amides is 2. The van der Waals surface area contributed by atoms with E-state index in [1.54, 1.807) is 4.90 Å². The minimum absolute atomic E-state index is 0.0779. The van der Waals surface area contributed by atoms with E-state index in [2.05, 4.69) is 21.2 Å². The van der Waals surface area contributed by atoms with Crippen LogP contribution < -0.4 is 5.32 Å². The Morgan fingerprint density at radius 3 is 2.63 bits per heavy atom. The minimum atomic E-state index is -0.257. The average molecular weight is 325 g/mol. The van der Waals surface area contributed by atoms with Gasteiger partial charge in [0.2, 0.25) is 11.8 Å². The number of nitrogens with zero attached hydrogens (tertiary/aromatic N) is 1.